The average molecular weight is 393 g/mol. The maximum absolute atomic E-state index is 14.6. The number of hydrogen-bond acceptors (Lipinski definition) is 5. The number of aromatic nitrogens is 2. The van der Waals surface area contributed by atoms with Gasteiger partial charge in [-0.3, -0.25) is 9.36 Å². The molecule has 3 rings (SSSR count). The average Bonchev–Trinajstić information content (AvgIpc) is 2.86. The molecule has 1 aromatic heterocycles. The van der Waals surface area contributed by atoms with Crippen molar-refractivity contribution in [2.75, 3.05) is 5.32 Å². The van der Waals surface area contributed by atoms with E-state index in [1.54, 1.807) is 30.3 Å². The molecule has 2 heterocycles. The van der Waals surface area contributed by atoms with E-state index in [-0.39, 0.29) is 24.6 Å². The second kappa shape index (κ2) is 8.15. The number of amides is 1. The number of nitrogens with zero attached hydrogens (tertiary/aromatic N) is 2. The predicted octanol–water partition coefficient (Wildman–Crippen LogP) is 2.12. The third-order valence-corrected chi connectivity index (χ3v) is 4.49. The number of aliphatic hydroxyl groups excluding tert-OH is 1. The summed E-state index contributed by atoms with van der Waals surface area (Å²) in [5.41, 5.74) is -0.283. The maximum Gasteiger partial charge on any atom is 0.351 e. The van der Waals surface area contributed by atoms with E-state index < -0.39 is 30.0 Å². The normalized spacial score (nSPS) is 23.5. The summed E-state index contributed by atoms with van der Waals surface area (Å²) in [6.45, 7) is 1.82. The zero-order chi connectivity index (χ0) is 20.3. The Morgan fingerprint density at radius 2 is 2.04 bits per heavy atom. The summed E-state index contributed by atoms with van der Waals surface area (Å²) < 4.78 is 35.2. The molecule has 1 aliphatic rings. The minimum absolute atomic E-state index is 0.0256. The fourth-order valence-corrected chi connectivity index (χ4v) is 3.07. The summed E-state index contributed by atoms with van der Waals surface area (Å²) in [7, 11) is 0. The molecule has 2 N–H and O–H groups in total. The van der Waals surface area contributed by atoms with Crippen LogP contribution in [0.1, 0.15) is 31.6 Å². The molecule has 1 amide bonds. The van der Waals surface area contributed by atoms with E-state index in [2.05, 4.69) is 10.3 Å². The number of rotatable bonds is 6. The summed E-state index contributed by atoms with van der Waals surface area (Å²) in [4.78, 5) is 27.4. The molecule has 0 bridgehead atoms. The number of halogens is 2. The van der Waals surface area contributed by atoms with E-state index in [1.807, 2.05) is 6.92 Å². The molecule has 2 aromatic rings. The van der Waals surface area contributed by atoms with E-state index >= 15 is 0 Å². The lowest BCUT2D eigenvalue weighted by atomic mass is 10.0. The molecule has 0 saturated carbocycles. The second-order valence-corrected chi connectivity index (χ2v) is 6.64. The number of ether oxygens (including phenoxy) is 1. The summed E-state index contributed by atoms with van der Waals surface area (Å²) in [5, 5.41) is 12.5. The lowest BCUT2D eigenvalue weighted by Gasteiger charge is -2.21. The minimum atomic E-state index is -3.68. The topological polar surface area (TPSA) is 93.5 Å². The maximum atomic E-state index is 14.6. The Morgan fingerprint density at radius 3 is 2.68 bits per heavy atom. The lowest BCUT2D eigenvalue weighted by Crippen LogP contribution is -2.41. The standard InChI is InChI=1S/C19H21F2N3O4/c1-2-6-15(25)22-14-9-10-24(18(27)23-14)17-19(20,21)16(26)13(28-17)11-12-7-4-3-5-8-12/h3-5,7-10,13,16-17,26H,2,6,11H2,1H3,(H,22,23,25,27)/t13-,16-,17-/m1/s1. The summed E-state index contributed by atoms with van der Waals surface area (Å²) in [5.74, 6) is -4.03. The van der Waals surface area contributed by atoms with Crippen molar-refractivity contribution in [3.05, 3.63) is 58.6 Å². The first-order valence-electron chi connectivity index (χ1n) is 8.97. The Bertz CT molecular complexity index is 888. The van der Waals surface area contributed by atoms with Crippen molar-refractivity contribution >= 4 is 11.7 Å². The Morgan fingerprint density at radius 1 is 1.32 bits per heavy atom. The Labute approximate surface area is 160 Å². The number of aliphatic hydroxyl groups is 1. The number of carbonyl (C=O) groups is 1. The molecular formula is C19H21F2N3O4. The van der Waals surface area contributed by atoms with Crippen molar-refractivity contribution in [2.45, 2.75) is 50.5 Å². The molecule has 1 saturated heterocycles. The van der Waals surface area contributed by atoms with Crippen LogP contribution >= 0.6 is 0 Å². The van der Waals surface area contributed by atoms with Crippen LogP contribution in [-0.2, 0) is 16.0 Å². The molecule has 0 spiro atoms. The van der Waals surface area contributed by atoms with Crippen LogP contribution in [0.3, 0.4) is 0 Å². The molecule has 0 radical (unpaired) electrons. The van der Waals surface area contributed by atoms with E-state index in [0.717, 1.165) is 11.8 Å². The summed E-state index contributed by atoms with van der Waals surface area (Å²) in [6, 6.07) is 10.0. The first-order valence-corrected chi connectivity index (χ1v) is 8.97. The van der Waals surface area contributed by atoms with Crippen molar-refractivity contribution in [2.24, 2.45) is 0 Å². The molecule has 28 heavy (non-hydrogen) atoms. The molecule has 9 heteroatoms. The van der Waals surface area contributed by atoms with Gasteiger partial charge in [0.2, 0.25) is 12.1 Å². The van der Waals surface area contributed by atoms with Crippen molar-refractivity contribution in [3.8, 4) is 0 Å². The number of carbonyl (C=O) groups excluding carboxylic acids is 1. The fraction of sp³-hybridized carbons (Fsp3) is 0.421. The third kappa shape index (κ3) is 4.10. The number of alkyl halides is 2. The van der Waals surface area contributed by atoms with Gasteiger partial charge in [0, 0.05) is 19.0 Å². The van der Waals surface area contributed by atoms with Crippen LogP contribution in [0.15, 0.2) is 47.4 Å². The largest absolute Gasteiger partial charge is 0.384 e. The number of anilines is 1. The molecular weight excluding hydrogens is 372 g/mol. The fourth-order valence-electron chi connectivity index (χ4n) is 3.07. The predicted molar refractivity (Wildman–Crippen MR) is 97.0 cm³/mol. The first-order chi connectivity index (χ1) is 13.3. The van der Waals surface area contributed by atoms with E-state index in [4.69, 9.17) is 4.74 Å². The molecule has 0 aliphatic carbocycles. The zero-order valence-electron chi connectivity index (χ0n) is 15.2. The Kier molecular flexibility index (Phi) is 5.85. The summed E-state index contributed by atoms with van der Waals surface area (Å²) >= 11 is 0. The Hall–Kier alpha value is -2.65. The van der Waals surface area contributed by atoms with Gasteiger partial charge in [0.25, 0.3) is 0 Å². The van der Waals surface area contributed by atoms with Gasteiger partial charge in [-0.2, -0.15) is 13.8 Å². The van der Waals surface area contributed by atoms with Crippen molar-refractivity contribution in [3.63, 3.8) is 0 Å². The van der Waals surface area contributed by atoms with E-state index in [9.17, 15) is 23.5 Å². The molecule has 3 atom stereocenters. The van der Waals surface area contributed by atoms with Crippen LogP contribution in [0, 0.1) is 0 Å². The van der Waals surface area contributed by atoms with Crippen molar-refractivity contribution in [1.82, 2.24) is 9.55 Å². The lowest BCUT2D eigenvalue weighted by molar-refractivity contribution is -0.140. The SMILES string of the molecule is CCCC(=O)Nc1ccn([C@@H]2O[C@H](Cc3ccccc3)[C@@H](O)C2(F)F)c(=O)n1. The van der Waals surface area contributed by atoms with Crippen LogP contribution in [-0.4, -0.2) is 38.7 Å². The van der Waals surface area contributed by atoms with E-state index in [1.165, 1.54) is 6.07 Å². The highest BCUT2D eigenvalue weighted by Crippen LogP contribution is 2.43. The molecule has 1 aliphatic heterocycles. The van der Waals surface area contributed by atoms with Gasteiger partial charge in [0.05, 0.1) is 6.10 Å². The van der Waals surface area contributed by atoms with Crippen LogP contribution in [0.25, 0.3) is 0 Å². The molecule has 1 fully saturated rings. The highest BCUT2D eigenvalue weighted by molar-refractivity contribution is 5.89. The molecule has 1 aromatic carbocycles. The van der Waals surface area contributed by atoms with Crippen LogP contribution in [0.4, 0.5) is 14.6 Å². The third-order valence-electron chi connectivity index (χ3n) is 4.49. The highest BCUT2D eigenvalue weighted by Gasteiger charge is 2.59. The van der Waals surface area contributed by atoms with Crippen molar-refractivity contribution in [1.29, 1.82) is 0 Å². The van der Waals surface area contributed by atoms with Gasteiger partial charge in [0.15, 0.2) is 0 Å². The quantitative estimate of drug-likeness (QED) is 0.784. The molecule has 0 unspecified atom stereocenters. The number of benzene rings is 1. The first kappa shape index (κ1) is 20.1. The minimum Gasteiger partial charge on any atom is -0.384 e. The number of nitrogens with one attached hydrogen (secondary N) is 1. The van der Waals surface area contributed by atoms with Gasteiger partial charge in [-0.25, -0.2) is 4.79 Å². The van der Waals surface area contributed by atoms with Crippen molar-refractivity contribution < 1.29 is 23.4 Å². The molecule has 7 nitrogen and oxygen atoms in total. The van der Waals surface area contributed by atoms with Gasteiger partial charge in [0.1, 0.15) is 11.9 Å². The second-order valence-electron chi connectivity index (χ2n) is 6.64. The number of hydrogen-bond donors (Lipinski definition) is 2. The van der Waals surface area contributed by atoms with Crippen LogP contribution < -0.4 is 11.0 Å². The van der Waals surface area contributed by atoms with E-state index in [0.29, 0.717) is 11.0 Å². The van der Waals surface area contributed by atoms with Gasteiger partial charge in [-0.05, 0) is 18.1 Å². The van der Waals surface area contributed by atoms with Crippen LogP contribution in [0.2, 0.25) is 0 Å². The smallest absolute Gasteiger partial charge is 0.351 e. The van der Waals surface area contributed by atoms with Gasteiger partial charge >= 0.3 is 11.6 Å². The van der Waals surface area contributed by atoms with Crippen LogP contribution in [0.5, 0.6) is 0 Å². The van der Waals surface area contributed by atoms with Gasteiger partial charge in [-0.15, -0.1) is 0 Å². The zero-order valence-corrected chi connectivity index (χ0v) is 15.2. The monoisotopic (exact) mass is 393 g/mol. The Balaban J connectivity index is 1.80. The molecule has 150 valence electrons. The summed E-state index contributed by atoms with van der Waals surface area (Å²) in [6.07, 6.45) is -3.23. The van der Waals surface area contributed by atoms with Gasteiger partial charge < -0.3 is 15.2 Å². The highest BCUT2D eigenvalue weighted by atomic mass is 19.3. The van der Waals surface area contributed by atoms with Gasteiger partial charge in [-0.1, -0.05) is 37.3 Å².